The summed E-state index contributed by atoms with van der Waals surface area (Å²) in [6.07, 6.45) is 1.49. The molecule has 0 amide bonds. The highest BCUT2D eigenvalue weighted by atomic mass is 79.9. The quantitative estimate of drug-likeness (QED) is 0.907. The van der Waals surface area contributed by atoms with Gasteiger partial charge in [-0.05, 0) is 29.5 Å². The van der Waals surface area contributed by atoms with Crippen LogP contribution in [0.2, 0.25) is 0 Å². The fraction of sp³-hybridized carbons (Fsp3) is 0.111. The lowest BCUT2D eigenvalue weighted by Crippen LogP contribution is -1.99. The maximum Gasteiger partial charge on any atom is 0.188 e. The van der Waals surface area contributed by atoms with Crippen molar-refractivity contribution in [1.29, 1.82) is 0 Å². The summed E-state index contributed by atoms with van der Waals surface area (Å²) in [6.45, 7) is 0.498. The molecule has 1 aromatic carbocycles. The molecule has 2 aromatic rings. The Bertz CT molecular complexity index is 443. The van der Waals surface area contributed by atoms with E-state index in [-0.39, 0.29) is 0 Å². The molecule has 0 bridgehead atoms. The SMILES string of the molecule is NCc1c(Br)cccc1Sc1ncn[nH]1. The third-order valence-corrected chi connectivity index (χ3v) is 3.61. The zero-order chi connectivity index (χ0) is 10.7. The molecule has 0 saturated carbocycles. The van der Waals surface area contributed by atoms with Crippen LogP contribution in [-0.4, -0.2) is 15.2 Å². The zero-order valence-electron chi connectivity index (χ0n) is 7.77. The molecule has 0 fully saturated rings. The maximum absolute atomic E-state index is 5.69. The van der Waals surface area contributed by atoms with Crippen molar-refractivity contribution in [1.82, 2.24) is 15.2 Å². The van der Waals surface area contributed by atoms with Gasteiger partial charge in [0.2, 0.25) is 0 Å². The van der Waals surface area contributed by atoms with Gasteiger partial charge in [-0.25, -0.2) is 4.98 Å². The average molecular weight is 285 g/mol. The van der Waals surface area contributed by atoms with Crippen LogP contribution in [0.25, 0.3) is 0 Å². The molecule has 0 unspecified atom stereocenters. The number of H-pyrrole nitrogens is 1. The molecule has 0 spiro atoms. The fourth-order valence-corrected chi connectivity index (χ4v) is 2.71. The number of rotatable bonds is 3. The molecule has 1 heterocycles. The third-order valence-electron chi connectivity index (χ3n) is 1.88. The number of nitrogens with zero attached hydrogens (tertiary/aromatic N) is 2. The van der Waals surface area contributed by atoms with E-state index in [1.54, 1.807) is 0 Å². The third kappa shape index (κ3) is 2.39. The topological polar surface area (TPSA) is 67.6 Å². The highest BCUT2D eigenvalue weighted by molar-refractivity contribution is 9.10. The molecule has 0 aliphatic heterocycles. The van der Waals surface area contributed by atoms with Crippen LogP contribution in [0.5, 0.6) is 0 Å². The van der Waals surface area contributed by atoms with Crippen molar-refractivity contribution in [2.75, 3.05) is 0 Å². The van der Waals surface area contributed by atoms with Crippen LogP contribution in [0.1, 0.15) is 5.56 Å². The number of hydrogen-bond donors (Lipinski definition) is 2. The van der Waals surface area contributed by atoms with Crippen molar-refractivity contribution in [3.63, 3.8) is 0 Å². The lowest BCUT2D eigenvalue weighted by Gasteiger charge is -2.07. The van der Waals surface area contributed by atoms with Crippen LogP contribution in [0.4, 0.5) is 0 Å². The van der Waals surface area contributed by atoms with Crippen molar-refractivity contribution in [3.05, 3.63) is 34.6 Å². The fourth-order valence-electron chi connectivity index (χ4n) is 1.18. The van der Waals surface area contributed by atoms with Gasteiger partial charge in [0.25, 0.3) is 0 Å². The second-order valence-corrected chi connectivity index (χ2v) is 4.70. The normalized spacial score (nSPS) is 10.5. The molecule has 0 saturated heterocycles. The van der Waals surface area contributed by atoms with Crippen molar-refractivity contribution in [2.45, 2.75) is 16.6 Å². The predicted molar refractivity (Wildman–Crippen MR) is 62.5 cm³/mol. The monoisotopic (exact) mass is 284 g/mol. The number of aromatic nitrogens is 3. The average Bonchev–Trinajstić information content (AvgIpc) is 2.71. The van der Waals surface area contributed by atoms with Crippen LogP contribution in [0.3, 0.4) is 0 Å². The first-order valence-electron chi connectivity index (χ1n) is 4.32. The van der Waals surface area contributed by atoms with Gasteiger partial charge in [-0.15, -0.1) is 0 Å². The van der Waals surface area contributed by atoms with Gasteiger partial charge in [0, 0.05) is 15.9 Å². The van der Waals surface area contributed by atoms with Gasteiger partial charge in [0.15, 0.2) is 5.16 Å². The Kier molecular flexibility index (Phi) is 3.40. The molecule has 1 aromatic heterocycles. The molecule has 78 valence electrons. The molecular formula is C9H9BrN4S. The van der Waals surface area contributed by atoms with E-state index in [0.29, 0.717) is 6.54 Å². The zero-order valence-corrected chi connectivity index (χ0v) is 10.2. The number of benzene rings is 1. The Labute approximate surface area is 99.8 Å². The summed E-state index contributed by atoms with van der Waals surface area (Å²) >= 11 is 4.99. The first-order valence-corrected chi connectivity index (χ1v) is 5.93. The highest BCUT2D eigenvalue weighted by Gasteiger charge is 2.07. The maximum atomic E-state index is 5.69. The van der Waals surface area contributed by atoms with Crippen LogP contribution in [0.15, 0.2) is 39.1 Å². The molecule has 0 radical (unpaired) electrons. The van der Waals surface area contributed by atoms with E-state index in [4.69, 9.17) is 5.73 Å². The minimum atomic E-state index is 0.498. The summed E-state index contributed by atoms with van der Waals surface area (Å²) in [5.74, 6) is 0. The summed E-state index contributed by atoms with van der Waals surface area (Å²) < 4.78 is 1.02. The van der Waals surface area contributed by atoms with E-state index in [1.807, 2.05) is 18.2 Å². The molecule has 0 atom stereocenters. The molecule has 2 rings (SSSR count). The summed E-state index contributed by atoms with van der Waals surface area (Å²) in [5.41, 5.74) is 6.77. The minimum absolute atomic E-state index is 0.498. The van der Waals surface area contributed by atoms with Crippen LogP contribution in [0, 0.1) is 0 Å². The Morgan fingerprint density at radius 3 is 3.00 bits per heavy atom. The molecular weight excluding hydrogens is 276 g/mol. The van der Waals surface area contributed by atoms with Crippen LogP contribution in [-0.2, 0) is 6.54 Å². The van der Waals surface area contributed by atoms with E-state index < -0.39 is 0 Å². The van der Waals surface area contributed by atoms with Crippen molar-refractivity contribution in [2.24, 2.45) is 5.73 Å². The van der Waals surface area contributed by atoms with Crippen molar-refractivity contribution < 1.29 is 0 Å². The summed E-state index contributed by atoms with van der Waals surface area (Å²) in [6, 6.07) is 5.97. The number of nitrogens with two attached hydrogens (primary N) is 1. The molecule has 0 aliphatic rings. The number of hydrogen-bond acceptors (Lipinski definition) is 4. The minimum Gasteiger partial charge on any atom is -0.326 e. The van der Waals surface area contributed by atoms with Crippen LogP contribution >= 0.6 is 27.7 Å². The molecule has 0 aliphatic carbocycles. The molecule has 4 nitrogen and oxygen atoms in total. The second-order valence-electron chi connectivity index (χ2n) is 2.81. The first kappa shape index (κ1) is 10.7. The van der Waals surface area contributed by atoms with Crippen molar-refractivity contribution >= 4 is 27.7 Å². The Balaban J connectivity index is 2.32. The van der Waals surface area contributed by atoms with Gasteiger partial charge >= 0.3 is 0 Å². The standard InChI is InChI=1S/C9H9BrN4S/c10-7-2-1-3-8(6(7)4-11)15-9-12-5-13-14-9/h1-3,5H,4,11H2,(H,12,13,14). The summed E-state index contributed by atoms with van der Waals surface area (Å²) in [7, 11) is 0. The lowest BCUT2D eigenvalue weighted by atomic mass is 10.2. The largest absolute Gasteiger partial charge is 0.326 e. The molecule has 15 heavy (non-hydrogen) atoms. The number of aromatic amines is 1. The summed E-state index contributed by atoms with van der Waals surface area (Å²) in [4.78, 5) is 5.14. The van der Waals surface area contributed by atoms with Crippen molar-refractivity contribution in [3.8, 4) is 0 Å². The lowest BCUT2D eigenvalue weighted by molar-refractivity contribution is 0.965. The van der Waals surface area contributed by atoms with Gasteiger partial charge in [-0.2, -0.15) is 5.10 Å². The Morgan fingerprint density at radius 1 is 1.47 bits per heavy atom. The van der Waals surface area contributed by atoms with Gasteiger partial charge in [0.05, 0.1) is 0 Å². The first-order chi connectivity index (χ1) is 7.31. The smallest absolute Gasteiger partial charge is 0.188 e. The highest BCUT2D eigenvalue weighted by Crippen LogP contribution is 2.31. The Morgan fingerprint density at radius 2 is 2.33 bits per heavy atom. The van der Waals surface area contributed by atoms with Gasteiger partial charge in [-0.3, -0.25) is 5.10 Å². The van der Waals surface area contributed by atoms with Crippen LogP contribution < -0.4 is 5.73 Å². The van der Waals surface area contributed by atoms with E-state index >= 15 is 0 Å². The molecule has 3 N–H and O–H groups in total. The van der Waals surface area contributed by atoms with Gasteiger partial charge in [-0.1, -0.05) is 22.0 Å². The van der Waals surface area contributed by atoms with E-state index in [2.05, 4.69) is 31.1 Å². The number of halogens is 1. The Hall–Kier alpha value is -0.850. The van der Waals surface area contributed by atoms with Gasteiger partial charge in [0.1, 0.15) is 6.33 Å². The van der Waals surface area contributed by atoms with E-state index in [9.17, 15) is 0 Å². The summed E-state index contributed by atoms with van der Waals surface area (Å²) in [5, 5.41) is 7.36. The van der Waals surface area contributed by atoms with E-state index in [0.717, 1.165) is 20.1 Å². The van der Waals surface area contributed by atoms with E-state index in [1.165, 1.54) is 18.1 Å². The predicted octanol–water partition coefficient (Wildman–Crippen LogP) is 2.18. The molecule has 6 heteroatoms. The van der Waals surface area contributed by atoms with Gasteiger partial charge < -0.3 is 5.73 Å². The second kappa shape index (κ2) is 4.78. The number of nitrogens with one attached hydrogen (secondary N) is 1.